The molecule has 0 spiro atoms. The van der Waals surface area contributed by atoms with Gasteiger partial charge in [-0.3, -0.25) is 0 Å². The second-order valence-corrected chi connectivity index (χ2v) is 4.56. The van der Waals surface area contributed by atoms with Crippen LogP contribution in [0, 0.1) is 0 Å². The summed E-state index contributed by atoms with van der Waals surface area (Å²) in [4.78, 5) is 0. The summed E-state index contributed by atoms with van der Waals surface area (Å²) in [5.41, 5.74) is 0. The summed E-state index contributed by atoms with van der Waals surface area (Å²) in [6.45, 7) is 4.49. The molecule has 2 heterocycles. The minimum Gasteiger partial charge on any atom is -0.396 e. The fourth-order valence-corrected chi connectivity index (χ4v) is 1.43. The molecule has 0 aromatic rings. The molecule has 0 aromatic heterocycles. The van der Waals surface area contributed by atoms with Gasteiger partial charge in [0, 0.05) is 13.2 Å². The number of rotatable bonds is 12. The third-order valence-electron chi connectivity index (χ3n) is 2.68. The first-order valence-electron chi connectivity index (χ1n) is 6.49. The molecular formula is C12H22O6. The topological polar surface area (TPSA) is 73.0 Å². The van der Waals surface area contributed by atoms with E-state index in [2.05, 4.69) is 0 Å². The van der Waals surface area contributed by atoms with E-state index in [0.717, 1.165) is 13.2 Å². The standard InChI is InChI=1S/C12H22O6/c13-2-1-3-14-4-10(16-8-12-9-18-12)5-15-6-11-7-17-11/h10-13H,1-9H2. The van der Waals surface area contributed by atoms with Crippen LogP contribution in [-0.4, -0.2) is 76.3 Å². The van der Waals surface area contributed by atoms with Crippen LogP contribution in [0.1, 0.15) is 6.42 Å². The summed E-state index contributed by atoms with van der Waals surface area (Å²) in [5.74, 6) is 0. The highest BCUT2D eigenvalue weighted by Crippen LogP contribution is 2.12. The summed E-state index contributed by atoms with van der Waals surface area (Å²) >= 11 is 0. The minimum atomic E-state index is -0.0772. The van der Waals surface area contributed by atoms with E-state index >= 15 is 0 Å². The summed E-state index contributed by atoms with van der Waals surface area (Å²) in [5, 5.41) is 8.66. The molecular weight excluding hydrogens is 240 g/mol. The van der Waals surface area contributed by atoms with Crippen molar-refractivity contribution < 1.29 is 28.8 Å². The number of hydrogen-bond acceptors (Lipinski definition) is 6. The van der Waals surface area contributed by atoms with E-state index in [4.69, 9.17) is 28.8 Å². The molecule has 6 heteroatoms. The molecule has 1 N–H and O–H groups in total. The summed E-state index contributed by atoms with van der Waals surface area (Å²) in [7, 11) is 0. The van der Waals surface area contributed by atoms with Crippen molar-refractivity contribution in [1.29, 1.82) is 0 Å². The van der Waals surface area contributed by atoms with Gasteiger partial charge in [0.25, 0.3) is 0 Å². The second kappa shape index (κ2) is 8.04. The lowest BCUT2D eigenvalue weighted by Gasteiger charge is -2.17. The Labute approximate surface area is 107 Å². The Bertz CT molecular complexity index is 217. The van der Waals surface area contributed by atoms with Crippen LogP contribution < -0.4 is 0 Å². The van der Waals surface area contributed by atoms with Crippen molar-refractivity contribution in [2.75, 3.05) is 52.9 Å². The fraction of sp³-hybridized carbons (Fsp3) is 1.00. The van der Waals surface area contributed by atoms with Gasteiger partial charge < -0.3 is 28.8 Å². The molecule has 2 saturated heterocycles. The maximum absolute atomic E-state index is 8.66. The summed E-state index contributed by atoms with van der Waals surface area (Å²) in [6, 6.07) is 0. The van der Waals surface area contributed by atoms with Crippen molar-refractivity contribution in [1.82, 2.24) is 0 Å². The van der Waals surface area contributed by atoms with Crippen LogP contribution in [0.4, 0.5) is 0 Å². The van der Waals surface area contributed by atoms with Gasteiger partial charge in [-0.05, 0) is 6.42 Å². The molecule has 0 amide bonds. The minimum absolute atomic E-state index is 0.0772. The Hall–Kier alpha value is -0.240. The Morgan fingerprint density at radius 2 is 1.72 bits per heavy atom. The molecule has 2 rings (SSSR count). The normalized spacial score (nSPS) is 27.2. The Kier molecular flexibility index (Phi) is 6.33. The smallest absolute Gasteiger partial charge is 0.104 e. The van der Waals surface area contributed by atoms with Crippen LogP contribution in [0.2, 0.25) is 0 Å². The van der Waals surface area contributed by atoms with Gasteiger partial charge in [-0.25, -0.2) is 0 Å². The van der Waals surface area contributed by atoms with Gasteiger partial charge in [0.05, 0.1) is 39.6 Å². The summed E-state index contributed by atoms with van der Waals surface area (Å²) in [6.07, 6.45) is 1.09. The predicted molar refractivity (Wildman–Crippen MR) is 62.6 cm³/mol. The highest BCUT2D eigenvalue weighted by molar-refractivity contribution is 4.70. The Balaban J connectivity index is 1.53. The largest absolute Gasteiger partial charge is 0.396 e. The second-order valence-electron chi connectivity index (χ2n) is 4.56. The first-order chi connectivity index (χ1) is 8.88. The molecule has 0 saturated carbocycles. The number of hydrogen-bond donors (Lipinski definition) is 1. The highest BCUT2D eigenvalue weighted by Gasteiger charge is 2.26. The molecule has 18 heavy (non-hydrogen) atoms. The molecule has 106 valence electrons. The van der Waals surface area contributed by atoms with Crippen LogP contribution in [0.25, 0.3) is 0 Å². The van der Waals surface area contributed by atoms with E-state index in [0.29, 0.717) is 39.5 Å². The van der Waals surface area contributed by atoms with Gasteiger partial charge in [0.15, 0.2) is 0 Å². The van der Waals surface area contributed by atoms with Gasteiger partial charge in [0.1, 0.15) is 18.3 Å². The third kappa shape index (κ3) is 6.63. The van der Waals surface area contributed by atoms with Crippen LogP contribution in [0.5, 0.6) is 0 Å². The van der Waals surface area contributed by atoms with Crippen LogP contribution in [0.3, 0.4) is 0 Å². The van der Waals surface area contributed by atoms with Crippen molar-refractivity contribution in [3.8, 4) is 0 Å². The van der Waals surface area contributed by atoms with Crippen LogP contribution in [-0.2, 0) is 23.7 Å². The molecule has 0 radical (unpaired) electrons. The average molecular weight is 262 g/mol. The Morgan fingerprint density at radius 1 is 1.06 bits per heavy atom. The summed E-state index contributed by atoms with van der Waals surface area (Å²) < 4.78 is 26.8. The molecule has 0 aliphatic carbocycles. The first-order valence-corrected chi connectivity index (χ1v) is 6.49. The number of aliphatic hydroxyl groups excluding tert-OH is 1. The van der Waals surface area contributed by atoms with Crippen molar-refractivity contribution in [2.45, 2.75) is 24.7 Å². The lowest BCUT2D eigenvalue weighted by atomic mass is 10.4. The molecule has 0 bridgehead atoms. The monoisotopic (exact) mass is 262 g/mol. The number of epoxide rings is 2. The molecule has 2 aliphatic rings. The molecule has 0 aromatic carbocycles. The molecule has 3 unspecified atom stereocenters. The van der Waals surface area contributed by atoms with Gasteiger partial charge in [-0.2, -0.15) is 0 Å². The van der Waals surface area contributed by atoms with E-state index in [-0.39, 0.29) is 24.9 Å². The lowest BCUT2D eigenvalue weighted by molar-refractivity contribution is -0.0657. The van der Waals surface area contributed by atoms with Crippen molar-refractivity contribution in [3.05, 3.63) is 0 Å². The van der Waals surface area contributed by atoms with E-state index < -0.39 is 0 Å². The van der Waals surface area contributed by atoms with Crippen molar-refractivity contribution in [2.24, 2.45) is 0 Å². The van der Waals surface area contributed by atoms with Gasteiger partial charge >= 0.3 is 0 Å². The molecule has 2 fully saturated rings. The number of ether oxygens (including phenoxy) is 5. The molecule has 3 atom stereocenters. The van der Waals surface area contributed by atoms with Gasteiger partial charge in [-0.1, -0.05) is 0 Å². The zero-order valence-corrected chi connectivity index (χ0v) is 10.6. The SMILES string of the molecule is OCCCOCC(COCC1CO1)OCC1CO1. The van der Waals surface area contributed by atoms with Crippen LogP contribution >= 0.6 is 0 Å². The van der Waals surface area contributed by atoms with E-state index in [9.17, 15) is 0 Å². The maximum atomic E-state index is 8.66. The van der Waals surface area contributed by atoms with Crippen molar-refractivity contribution >= 4 is 0 Å². The zero-order chi connectivity index (χ0) is 12.6. The maximum Gasteiger partial charge on any atom is 0.104 e. The molecule has 2 aliphatic heterocycles. The van der Waals surface area contributed by atoms with Gasteiger partial charge in [0.2, 0.25) is 0 Å². The van der Waals surface area contributed by atoms with E-state index in [1.54, 1.807) is 0 Å². The third-order valence-corrected chi connectivity index (χ3v) is 2.68. The van der Waals surface area contributed by atoms with Crippen LogP contribution in [0.15, 0.2) is 0 Å². The number of aliphatic hydroxyl groups is 1. The quantitative estimate of drug-likeness (QED) is 0.380. The van der Waals surface area contributed by atoms with Gasteiger partial charge in [-0.15, -0.1) is 0 Å². The predicted octanol–water partition coefficient (Wildman–Crippen LogP) is -0.415. The zero-order valence-electron chi connectivity index (χ0n) is 10.6. The van der Waals surface area contributed by atoms with Crippen molar-refractivity contribution in [3.63, 3.8) is 0 Å². The highest BCUT2D eigenvalue weighted by atomic mass is 16.6. The average Bonchev–Trinajstić information content (AvgIpc) is 3.25. The van der Waals surface area contributed by atoms with E-state index in [1.165, 1.54) is 0 Å². The fourth-order valence-electron chi connectivity index (χ4n) is 1.43. The Morgan fingerprint density at radius 3 is 2.39 bits per heavy atom. The van der Waals surface area contributed by atoms with E-state index in [1.807, 2.05) is 0 Å². The first kappa shape index (κ1) is 14.2. The molecule has 6 nitrogen and oxygen atoms in total. The lowest BCUT2D eigenvalue weighted by Crippen LogP contribution is -2.28.